The standard InChI is InChI=1S/C17H21ClN2O4/c1-3-24-17(23)12-6-8-20(9-7-12)16(22)15(21)19-14-10-13(18)5-4-11(14)2/h4-5,10,12H,3,6-9H2,1-2H3,(H,19,21). The Hall–Kier alpha value is -2.08. The number of amides is 2. The number of hydrogen-bond donors (Lipinski definition) is 1. The number of benzene rings is 1. The Morgan fingerprint density at radius 2 is 1.96 bits per heavy atom. The quantitative estimate of drug-likeness (QED) is 0.669. The number of carbonyl (C=O) groups is 3. The number of nitrogens with one attached hydrogen (secondary N) is 1. The first kappa shape index (κ1) is 18.3. The Morgan fingerprint density at radius 1 is 1.29 bits per heavy atom. The second kappa shape index (κ2) is 8.15. The maximum absolute atomic E-state index is 12.3. The molecule has 2 rings (SSSR count). The number of carbonyl (C=O) groups excluding carboxylic acids is 3. The molecule has 0 radical (unpaired) electrons. The van der Waals surface area contributed by atoms with Gasteiger partial charge in [-0.1, -0.05) is 17.7 Å². The number of aryl methyl sites for hydroxylation is 1. The molecule has 0 aromatic heterocycles. The summed E-state index contributed by atoms with van der Waals surface area (Å²) in [6.45, 7) is 4.66. The van der Waals surface area contributed by atoms with E-state index in [1.807, 2.05) is 6.92 Å². The summed E-state index contributed by atoms with van der Waals surface area (Å²) in [5.74, 6) is -1.73. The van der Waals surface area contributed by atoms with Gasteiger partial charge >= 0.3 is 17.8 Å². The van der Waals surface area contributed by atoms with Gasteiger partial charge in [0.25, 0.3) is 0 Å². The molecule has 1 aromatic carbocycles. The Morgan fingerprint density at radius 3 is 2.58 bits per heavy atom. The number of ether oxygens (including phenoxy) is 1. The van der Waals surface area contributed by atoms with Crippen molar-refractivity contribution in [1.82, 2.24) is 4.90 Å². The molecule has 1 aliphatic rings. The molecular formula is C17H21ClN2O4. The molecule has 0 aliphatic carbocycles. The first-order valence-electron chi connectivity index (χ1n) is 7.95. The van der Waals surface area contributed by atoms with Crippen LogP contribution in [0.25, 0.3) is 0 Å². The maximum Gasteiger partial charge on any atom is 0.313 e. The van der Waals surface area contributed by atoms with E-state index in [1.54, 1.807) is 25.1 Å². The number of nitrogens with zero attached hydrogens (tertiary/aromatic N) is 1. The van der Waals surface area contributed by atoms with Gasteiger partial charge in [0.15, 0.2) is 0 Å². The van der Waals surface area contributed by atoms with Gasteiger partial charge in [0.2, 0.25) is 0 Å². The van der Waals surface area contributed by atoms with Crippen LogP contribution in [0.4, 0.5) is 5.69 Å². The van der Waals surface area contributed by atoms with Gasteiger partial charge in [-0.3, -0.25) is 14.4 Å². The molecule has 1 N–H and O–H groups in total. The fourth-order valence-electron chi connectivity index (χ4n) is 2.63. The topological polar surface area (TPSA) is 75.7 Å². The van der Waals surface area contributed by atoms with E-state index < -0.39 is 11.8 Å². The van der Waals surface area contributed by atoms with E-state index in [0.29, 0.717) is 43.2 Å². The summed E-state index contributed by atoms with van der Waals surface area (Å²) in [6.07, 6.45) is 1.02. The number of anilines is 1. The fourth-order valence-corrected chi connectivity index (χ4v) is 2.80. The molecule has 2 amide bonds. The lowest BCUT2D eigenvalue weighted by molar-refractivity contribution is -0.152. The smallest absolute Gasteiger partial charge is 0.313 e. The van der Waals surface area contributed by atoms with Crippen LogP contribution in [0, 0.1) is 12.8 Å². The van der Waals surface area contributed by atoms with Gasteiger partial charge in [0.05, 0.1) is 12.5 Å². The first-order chi connectivity index (χ1) is 11.4. The van der Waals surface area contributed by atoms with Crippen LogP contribution >= 0.6 is 11.6 Å². The molecule has 1 aliphatic heterocycles. The Kier molecular flexibility index (Phi) is 6.20. The highest BCUT2D eigenvalue weighted by atomic mass is 35.5. The molecule has 1 fully saturated rings. The molecule has 130 valence electrons. The molecule has 7 heteroatoms. The van der Waals surface area contributed by atoms with Gasteiger partial charge in [-0.15, -0.1) is 0 Å². The predicted octanol–water partition coefficient (Wildman–Crippen LogP) is 2.39. The number of rotatable bonds is 3. The molecule has 24 heavy (non-hydrogen) atoms. The van der Waals surface area contributed by atoms with Crippen LogP contribution in [0.15, 0.2) is 18.2 Å². The summed E-state index contributed by atoms with van der Waals surface area (Å²) >= 11 is 5.91. The van der Waals surface area contributed by atoms with Gasteiger partial charge < -0.3 is 15.0 Å². The third-order valence-electron chi connectivity index (χ3n) is 4.04. The minimum absolute atomic E-state index is 0.202. The van der Waals surface area contributed by atoms with Crippen LogP contribution in [-0.4, -0.2) is 42.4 Å². The average molecular weight is 353 g/mol. The Bertz CT molecular complexity index is 639. The zero-order chi connectivity index (χ0) is 17.7. The monoisotopic (exact) mass is 352 g/mol. The van der Waals surface area contributed by atoms with Crippen molar-refractivity contribution in [1.29, 1.82) is 0 Å². The number of halogens is 1. The van der Waals surface area contributed by atoms with Crippen molar-refractivity contribution < 1.29 is 19.1 Å². The maximum atomic E-state index is 12.3. The van der Waals surface area contributed by atoms with E-state index in [1.165, 1.54) is 4.90 Å². The lowest BCUT2D eigenvalue weighted by atomic mass is 9.97. The highest BCUT2D eigenvalue weighted by molar-refractivity contribution is 6.39. The fraction of sp³-hybridized carbons (Fsp3) is 0.471. The lowest BCUT2D eigenvalue weighted by Gasteiger charge is -2.30. The molecule has 1 aromatic rings. The van der Waals surface area contributed by atoms with Crippen LogP contribution in [-0.2, 0) is 19.1 Å². The van der Waals surface area contributed by atoms with Crippen LogP contribution < -0.4 is 5.32 Å². The van der Waals surface area contributed by atoms with Crippen molar-refractivity contribution in [2.75, 3.05) is 25.0 Å². The average Bonchev–Trinajstić information content (AvgIpc) is 2.57. The summed E-state index contributed by atoms with van der Waals surface area (Å²) in [6, 6.07) is 5.09. The van der Waals surface area contributed by atoms with Gasteiger partial charge in [-0.05, 0) is 44.4 Å². The summed E-state index contributed by atoms with van der Waals surface area (Å²) < 4.78 is 4.99. The minimum Gasteiger partial charge on any atom is -0.466 e. The van der Waals surface area contributed by atoms with E-state index >= 15 is 0 Å². The van der Waals surface area contributed by atoms with E-state index in [0.717, 1.165) is 5.56 Å². The molecule has 1 saturated heterocycles. The minimum atomic E-state index is -0.699. The van der Waals surface area contributed by atoms with Gasteiger partial charge in [-0.25, -0.2) is 0 Å². The molecule has 6 nitrogen and oxygen atoms in total. The predicted molar refractivity (Wildman–Crippen MR) is 90.8 cm³/mol. The van der Waals surface area contributed by atoms with Crippen LogP contribution in [0.5, 0.6) is 0 Å². The molecule has 0 spiro atoms. The van der Waals surface area contributed by atoms with Gasteiger partial charge in [0.1, 0.15) is 0 Å². The van der Waals surface area contributed by atoms with E-state index in [-0.39, 0.29) is 11.9 Å². The SMILES string of the molecule is CCOC(=O)C1CCN(C(=O)C(=O)Nc2cc(Cl)ccc2C)CC1. The van der Waals surface area contributed by atoms with E-state index in [9.17, 15) is 14.4 Å². The molecule has 0 bridgehead atoms. The highest BCUT2D eigenvalue weighted by Gasteiger charge is 2.30. The highest BCUT2D eigenvalue weighted by Crippen LogP contribution is 2.21. The molecule has 1 heterocycles. The summed E-state index contributed by atoms with van der Waals surface area (Å²) in [5, 5.41) is 3.08. The molecule has 0 atom stereocenters. The van der Waals surface area contributed by atoms with Crippen LogP contribution in [0.3, 0.4) is 0 Å². The van der Waals surface area contributed by atoms with Gasteiger partial charge in [0, 0.05) is 23.8 Å². The number of esters is 1. The third kappa shape index (κ3) is 4.47. The summed E-state index contributed by atoms with van der Waals surface area (Å²) in [5.41, 5.74) is 1.34. The van der Waals surface area contributed by atoms with Crippen molar-refractivity contribution in [2.45, 2.75) is 26.7 Å². The zero-order valence-corrected chi connectivity index (χ0v) is 14.6. The number of piperidine rings is 1. The van der Waals surface area contributed by atoms with Crippen molar-refractivity contribution in [3.8, 4) is 0 Å². The first-order valence-corrected chi connectivity index (χ1v) is 8.33. The molecule has 0 unspecified atom stereocenters. The third-order valence-corrected chi connectivity index (χ3v) is 4.28. The van der Waals surface area contributed by atoms with Gasteiger partial charge in [-0.2, -0.15) is 0 Å². The van der Waals surface area contributed by atoms with E-state index in [4.69, 9.17) is 16.3 Å². The Labute approximate surface area is 146 Å². The normalized spacial score (nSPS) is 15.0. The number of likely N-dealkylation sites (tertiary alicyclic amines) is 1. The van der Waals surface area contributed by atoms with Crippen molar-refractivity contribution in [2.24, 2.45) is 5.92 Å². The van der Waals surface area contributed by atoms with Crippen LogP contribution in [0.2, 0.25) is 5.02 Å². The van der Waals surface area contributed by atoms with Crippen LogP contribution in [0.1, 0.15) is 25.3 Å². The second-order valence-electron chi connectivity index (χ2n) is 5.73. The van der Waals surface area contributed by atoms with Crippen molar-refractivity contribution in [3.05, 3.63) is 28.8 Å². The molecule has 0 saturated carbocycles. The lowest BCUT2D eigenvalue weighted by Crippen LogP contribution is -2.45. The molecular weight excluding hydrogens is 332 g/mol. The zero-order valence-electron chi connectivity index (χ0n) is 13.8. The second-order valence-corrected chi connectivity index (χ2v) is 6.17. The summed E-state index contributed by atoms with van der Waals surface area (Å²) in [7, 11) is 0. The van der Waals surface area contributed by atoms with Crippen molar-refractivity contribution in [3.63, 3.8) is 0 Å². The largest absolute Gasteiger partial charge is 0.466 e. The van der Waals surface area contributed by atoms with Crippen molar-refractivity contribution >= 4 is 35.1 Å². The summed E-state index contributed by atoms with van der Waals surface area (Å²) in [4.78, 5) is 37.6. The number of hydrogen-bond acceptors (Lipinski definition) is 4. The van der Waals surface area contributed by atoms with E-state index in [2.05, 4.69) is 5.32 Å². The Balaban J connectivity index is 1.91.